The molecule has 9 heteroatoms. The first kappa shape index (κ1) is 28.6. The fraction of sp³-hybridized carbons (Fsp3) is 0.375. The molecule has 1 amide bonds. The third-order valence-electron chi connectivity index (χ3n) is 8.66. The van der Waals surface area contributed by atoms with E-state index in [0.29, 0.717) is 35.5 Å². The second-order valence-electron chi connectivity index (χ2n) is 11.2. The molecule has 0 bridgehead atoms. The van der Waals surface area contributed by atoms with Gasteiger partial charge in [-0.05, 0) is 62.3 Å². The molecular weight excluding hydrogens is 514 g/mol. The minimum atomic E-state index is -0.357. The number of nitrogens with one attached hydrogen (secondary N) is 1. The molecule has 1 atom stereocenters. The van der Waals surface area contributed by atoms with Crippen LogP contribution in [0.3, 0.4) is 0 Å². The van der Waals surface area contributed by atoms with Crippen LogP contribution in [0.2, 0.25) is 0 Å². The molecule has 216 valence electrons. The van der Waals surface area contributed by atoms with Crippen molar-refractivity contribution in [2.75, 3.05) is 14.2 Å². The SMILES string of the molecule is C=C([C@H]1CC[C@H](N(C)N)CC1)N1C=CN=C(C)/C1=C(/N)C1=CC=C(NC(=O)c2cc3ccccc3n2C)C(OC)C1. The quantitative estimate of drug-likeness (QED) is 0.344. The number of allylic oxidation sites excluding steroid dienone is 5. The number of hydrazine groups is 1. The fourth-order valence-electron chi connectivity index (χ4n) is 6.16. The van der Waals surface area contributed by atoms with Crippen LogP contribution in [0.5, 0.6) is 0 Å². The van der Waals surface area contributed by atoms with Gasteiger partial charge in [0.25, 0.3) is 5.91 Å². The highest BCUT2D eigenvalue weighted by Crippen LogP contribution is 2.36. The Labute approximate surface area is 242 Å². The van der Waals surface area contributed by atoms with Crippen LogP contribution in [0.25, 0.3) is 10.9 Å². The van der Waals surface area contributed by atoms with Crippen molar-refractivity contribution in [2.45, 2.75) is 51.2 Å². The first-order chi connectivity index (χ1) is 19.7. The maximum atomic E-state index is 13.3. The van der Waals surface area contributed by atoms with Crippen LogP contribution >= 0.6 is 0 Å². The van der Waals surface area contributed by atoms with Crippen LogP contribution in [-0.2, 0) is 11.8 Å². The summed E-state index contributed by atoms with van der Waals surface area (Å²) >= 11 is 0. The topological polar surface area (TPSA) is 114 Å². The van der Waals surface area contributed by atoms with Crippen LogP contribution in [0.1, 0.15) is 49.5 Å². The van der Waals surface area contributed by atoms with E-state index in [4.69, 9.17) is 16.3 Å². The standard InChI is InChI=1S/C32H41N7O2/c1-20-31(39(17-16-35-20)21(2)22-10-13-25(14-11-22)38(4)34)30(33)24-12-15-26(29(19-24)41-5)36-32(40)28-18-23-8-6-7-9-27(23)37(28)3/h6-9,12,15-18,22,25,29H,2,10-11,13-14,19,33-34H2,1,3-5H3,(H,36,40)/b31-30-/t22-,25-,29?. The maximum absolute atomic E-state index is 13.3. The molecule has 41 heavy (non-hydrogen) atoms. The Hall–Kier alpha value is -3.92. The molecule has 5 N–H and O–H groups in total. The van der Waals surface area contributed by atoms with Gasteiger partial charge in [0.15, 0.2) is 0 Å². The zero-order chi connectivity index (χ0) is 29.3. The number of carbonyl (C=O) groups is 1. The van der Waals surface area contributed by atoms with Crippen molar-refractivity contribution in [1.29, 1.82) is 0 Å². The van der Waals surface area contributed by atoms with Crippen molar-refractivity contribution in [2.24, 2.45) is 29.5 Å². The van der Waals surface area contributed by atoms with Gasteiger partial charge in [0.05, 0.1) is 17.1 Å². The van der Waals surface area contributed by atoms with Crippen LogP contribution in [-0.4, -0.2) is 52.4 Å². The number of amides is 1. The highest BCUT2D eigenvalue weighted by Gasteiger charge is 2.31. The molecular formula is C32H41N7O2. The van der Waals surface area contributed by atoms with E-state index in [1.807, 2.05) is 79.3 Å². The largest absolute Gasteiger partial charge is 0.397 e. The van der Waals surface area contributed by atoms with Crippen LogP contribution < -0.4 is 16.9 Å². The van der Waals surface area contributed by atoms with Crippen molar-refractivity contribution in [3.8, 4) is 0 Å². The van der Waals surface area contributed by atoms with E-state index < -0.39 is 0 Å². The number of para-hydroxylation sites is 1. The normalized spacial score (nSPS) is 24.2. The number of aliphatic imine (C=N–C) groups is 1. The molecule has 2 heterocycles. The number of rotatable bonds is 7. The van der Waals surface area contributed by atoms with Crippen molar-refractivity contribution in [3.05, 3.63) is 95.5 Å². The number of nitrogens with zero attached hydrogens (tertiary/aromatic N) is 4. The van der Waals surface area contributed by atoms with Crippen LogP contribution in [0.15, 0.2) is 94.8 Å². The average molecular weight is 556 g/mol. The molecule has 1 saturated carbocycles. The summed E-state index contributed by atoms with van der Waals surface area (Å²) in [6.07, 6.45) is 11.9. The Kier molecular flexibility index (Phi) is 8.30. The Morgan fingerprint density at radius 1 is 1.20 bits per heavy atom. The number of ether oxygens (including phenoxy) is 1. The second kappa shape index (κ2) is 11.9. The average Bonchev–Trinajstić information content (AvgIpc) is 3.33. The third-order valence-corrected chi connectivity index (χ3v) is 8.66. The maximum Gasteiger partial charge on any atom is 0.272 e. The summed E-state index contributed by atoms with van der Waals surface area (Å²) in [6.45, 7) is 6.46. The molecule has 2 aliphatic carbocycles. The van der Waals surface area contributed by atoms with Gasteiger partial charge in [0, 0.05) is 68.4 Å². The van der Waals surface area contributed by atoms with Gasteiger partial charge in [0.1, 0.15) is 11.8 Å². The molecule has 1 fully saturated rings. The molecule has 3 aliphatic rings. The summed E-state index contributed by atoms with van der Waals surface area (Å²) < 4.78 is 7.73. The molecule has 1 unspecified atom stereocenters. The van der Waals surface area contributed by atoms with Crippen molar-refractivity contribution in [3.63, 3.8) is 0 Å². The van der Waals surface area contributed by atoms with E-state index in [2.05, 4.69) is 21.8 Å². The van der Waals surface area contributed by atoms with Crippen molar-refractivity contribution in [1.82, 2.24) is 19.8 Å². The van der Waals surface area contributed by atoms with E-state index >= 15 is 0 Å². The zero-order valence-corrected chi connectivity index (χ0v) is 24.4. The third kappa shape index (κ3) is 5.66. The van der Waals surface area contributed by atoms with Gasteiger partial charge < -0.3 is 25.3 Å². The molecule has 1 aromatic heterocycles. The summed E-state index contributed by atoms with van der Waals surface area (Å²) in [5, 5.41) is 5.92. The smallest absolute Gasteiger partial charge is 0.272 e. The molecule has 1 aliphatic heterocycles. The first-order valence-corrected chi connectivity index (χ1v) is 14.2. The lowest BCUT2D eigenvalue weighted by Gasteiger charge is -2.38. The van der Waals surface area contributed by atoms with Crippen molar-refractivity contribution < 1.29 is 9.53 Å². The Bertz CT molecular complexity index is 1500. The summed E-state index contributed by atoms with van der Waals surface area (Å²) in [5.41, 5.74) is 13.4. The van der Waals surface area contributed by atoms with Gasteiger partial charge in [-0.25, -0.2) is 5.01 Å². The van der Waals surface area contributed by atoms with Crippen LogP contribution in [0.4, 0.5) is 0 Å². The second-order valence-corrected chi connectivity index (χ2v) is 11.2. The Morgan fingerprint density at radius 3 is 2.61 bits per heavy atom. The molecule has 5 rings (SSSR count). The minimum absolute atomic E-state index is 0.182. The monoisotopic (exact) mass is 555 g/mol. The molecule has 0 radical (unpaired) electrons. The summed E-state index contributed by atoms with van der Waals surface area (Å²) in [7, 11) is 5.48. The number of hydrogen-bond donors (Lipinski definition) is 3. The van der Waals surface area contributed by atoms with Crippen LogP contribution in [0, 0.1) is 5.92 Å². The lowest BCUT2D eigenvalue weighted by molar-refractivity contribution is 0.0908. The van der Waals surface area contributed by atoms with E-state index in [1.54, 1.807) is 13.3 Å². The summed E-state index contributed by atoms with van der Waals surface area (Å²) in [6, 6.07) is 10.2. The number of fused-ring (bicyclic) bond motifs is 1. The highest BCUT2D eigenvalue weighted by molar-refractivity contribution is 6.01. The Balaban J connectivity index is 1.38. The number of aryl methyl sites for hydroxylation is 1. The number of aromatic nitrogens is 1. The number of hydrogen-bond acceptors (Lipinski definition) is 7. The number of carbonyl (C=O) groups excluding carboxylic acids is 1. The van der Waals surface area contributed by atoms with Gasteiger partial charge in [-0.1, -0.05) is 30.9 Å². The van der Waals surface area contributed by atoms with Crippen molar-refractivity contribution >= 4 is 22.5 Å². The first-order valence-electron chi connectivity index (χ1n) is 14.2. The number of benzene rings is 1. The zero-order valence-electron chi connectivity index (χ0n) is 24.4. The van der Waals surface area contributed by atoms with Gasteiger partial charge >= 0.3 is 0 Å². The lowest BCUT2D eigenvalue weighted by atomic mass is 9.83. The van der Waals surface area contributed by atoms with E-state index in [-0.39, 0.29) is 12.0 Å². The molecule has 1 aromatic carbocycles. The van der Waals surface area contributed by atoms with E-state index in [0.717, 1.165) is 59.3 Å². The summed E-state index contributed by atoms with van der Waals surface area (Å²) in [5.74, 6) is 6.17. The van der Waals surface area contributed by atoms with E-state index in [1.165, 1.54) is 0 Å². The molecule has 0 spiro atoms. The lowest BCUT2D eigenvalue weighted by Crippen LogP contribution is -2.41. The van der Waals surface area contributed by atoms with Gasteiger partial charge in [-0.2, -0.15) is 0 Å². The Morgan fingerprint density at radius 2 is 1.93 bits per heavy atom. The van der Waals surface area contributed by atoms with Gasteiger partial charge in [0.2, 0.25) is 0 Å². The highest BCUT2D eigenvalue weighted by atomic mass is 16.5. The molecule has 0 saturated heterocycles. The predicted molar refractivity (Wildman–Crippen MR) is 164 cm³/mol. The molecule has 9 nitrogen and oxygen atoms in total. The predicted octanol–water partition coefficient (Wildman–Crippen LogP) is 4.43. The summed E-state index contributed by atoms with van der Waals surface area (Å²) in [4.78, 5) is 19.9. The number of methoxy groups -OCH3 is 1. The van der Waals surface area contributed by atoms with Gasteiger partial charge in [-0.3, -0.25) is 15.6 Å². The van der Waals surface area contributed by atoms with Gasteiger partial charge in [-0.15, -0.1) is 0 Å². The van der Waals surface area contributed by atoms with E-state index in [9.17, 15) is 4.79 Å². The molecule has 2 aromatic rings. The minimum Gasteiger partial charge on any atom is -0.397 e. The number of nitrogens with two attached hydrogens (primary N) is 2. The fourth-order valence-corrected chi connectivity index (χ4v) is 6.16.